The average Bonchev–Trinajstić information content (AvgIpc) is 2.68. The molecule has 0 bridgehead atoms. The highest BCUT2D eigenvalue weighted by atomic mass is 35.5. The second kappa shape index (κ2) is 6.23. The lowest BCUT2D eigenvalue weighted by atomic mass is 9.94. The number of carbonyl (C=O) groups excluding carboxylic acids is 1. The molecule has 0 spiro atoms. The molecule has 1 aromatic rings. The summed E-state index contributed by atoms with van der Waals surface area (Å²) in [4.78, 5) is 20.0. The Morgan fingerprint density at radius 1 is 1.60 bits per heavy atom. The summed E-state index contributed by atoms with van der Waals surface area (Å²) < 4.78 is 10.4. The van der Waals surface area contributed by atoms with Crippen LogP contribution < -0.4 is 11.1 Å². The Hall–Kier alpha value is -1.60. The molecule has 1 aliphatic heterocycles. The summed E-state index contributed by atoms with van der Waals surface area (Å²) >= 11 is 5.76. The van der Waals surface area contributed by atoms with E-state index in [1.807, 2.05) is 0 Å². The fourth-order valence-corrected chi connectivity index (χ4v) is 2.29. The molecule has 7 nitrogen and oxygen atoms in total. The topological polar surface area (TPSA) is 99.4 Å². The molecule has 0 radical (unpaired) electrons. The van der Waals surface area contributed by atoms with Gasteiger partial charge < -0.3 is 20.5 Å². The van der Waals surface area contributed by atoms with Gasteiger partial charge in [-0.15, -0.1) is 0 Å². The molecule has 1 atom stereocenters. The third-order valence-electron chi connectivity index (χ3n) is 3.21. The molecule has 8 heteroatoms. The van der Waals surface area contributed by atoms with Gasteiger partial charge in [0.05, 0.1) is 25.6 Å². The lowest BCUT2D eigenvalue weighted by Gasteiger charge is -2.31. The maximum Gasteiger partial charge on any atom is 0.333 e. The molecule has 0 aromatic carbocycles. The highest BCUT2D eigenvalue weighted by molar-refractivity contribution is 6.28. The van der Waals surface area contributed by atoms with E-state index in [0.717, 1.165) is 12.8 Å². The second-order valence-corrected chi connectivity index (χ2v) is 4.99. The van der Waals surface area contributed by atoms with Gasteiger partial charge >= 0.3 is 5.97 Å². The summed E-state index contributed by atoms with van der Waals surface area (Å²) in [6.07, 6.45) is 3.68. The number of aromatic nitrogens is 2. The molecule has 1 unspecified atom stereocenters. The van der Waals surface area contributed by atoms with E-state index in [2.05, 4.69) is 15.3 Å². The molecule has 0 saturated carbocycles. The summed E-state index contributed by atoms with van der Waals surface area (Å²) in [5.41, 5.74) is 5.11. The Kier molecular flexibility index (Phi) is 4.61. The van der Waals surface area contributed by atoms with Crippen molar-refractivity contribution in [3.05, 3.63) is 11.5 Å². The third-order valence-corrected chi connectivity index (χ3v) is 3.39. The molecular formula is C12H17ClN4O3. The normalized spacial score (nSPS) is 22.9. The van der Waals surface area contributed by atoms with Gasteiger partial charge in [-0.25, -0.2) is 9.78 Å². The van der Waals surface area contributed by atoms with Crippen molar-refractivity contribution >= 4 is 29.1 Å². The zero-order valence-corrected chi connectivity index (χ0v) is 11.9. The number of ether oxygens (including phenoxy) is 2. The molecule has 2 heterocycles. The van der Waals surface area contributed by atoms with Crippen molar-refractivity contribution in [3.63, 3.8) is 0 Å². The van der Waals surface area contributed by atoms with Crippen LogP contribution in [-0.2, 0) is 14.3 Å². The smallest absolute Gasteiger partial charge is 0.333 e. The third kappa shape index (κ3) is 3.10. The maximum absolute atomic E-state index is 12.2. The number of nitrogens with zero attached hydrogens (tertiary/aromatic N) is 2. The van der Waals surface area contributed by atoms with Crippen molar-refractivity contribution < 1.29 is 14.3 Å². The molecule has 110 valence electrons. The first-order chi connectivity index (χ1) is 9.57. The fraction of sp³-hybridized carbons (Fsp3) is 0.583. The van der Waals surface area contributed by atoms with Gasteiger partial charge in [0.2, 0.25) is 5.28 Å². The lowest BCUT2D eigenvalue weighted by molar-refractivity contribution is -0.148. The molecule has 1 fully saturated rings. The van der Waals surface area contributed by atoms with Crippen molar-refractivity contribution in [1.29, 1.82) is 0 Å². The van der Waals surface area contributed by atoms with Gasteiger partial charge in [0.25, 0.3) is 0 Å². The van der Waals surface area contributed by atoms with E-state index in [1.54, 1.807) is 0 Å². The van der Waals surface area contributed by atoms with E-state index in [-0.39, 0.29) is 11.9 Å². The zero-order chi connectivity index (χ0) is 14.6. The van der Waals surface area contributed by atoms with Crippen LogP contribution in [0.5, 0.6) is 0 Å². The van der Waals surface area contributed by atoms with Crippen LogP contribution in [0.2, 0.25) is 5.28 Å². The Balaban J connectivity index is 2.31. The van der Waals surface area contributed by atoms with Crippen LogP contribution >= 0.6 is 11.6 Å². The summed E-state index contributed by atoms with van der Waals surface area (Å²) in [6.45, 7) is 0.807. The Labute approximate surface area is 121 Å². The number of nitrogens with two attached hydrogens (primary N) is 1. The zero-order valence-electron chi connectivity index (χ0n) is 11.2. The van der Waals surface area contributed by atoms with E-state index in [1.165, 1.54) is 13.3 Å². The molecular weight excluding hydrogens is 284 g/mol. The summed E-state index contributed by atoms with van der Waals surface area (Å²) in [5, 5.41) is 3.09. The van der Waals surface area contributed by atoms with Gasteiger partial charge in [0, 0.05) is 6.61 Å². The van der Waals surface area contributed by atoms with E-state index < -0.39 is 11.5 Å². The predicted octanol–water partition coefficient (Wildman–Crippen LogP) is 1.24. The van der Waals surface area contributed by atoms with Gasteiger partial charge in [-0.2, -0.15) is 4.98 Å². The Bertz CT molecular complexity index is 490. The van der Waals surface area contributed by atoms with E-state index in [4.69, 9.17) is 26.8 Å². The number of methoxy groups -OCH3 is 1. The minimum absolute atomic E-state index is 0.0521. The van der Waals surface area contributed by atoms with Crippen molar-refractivity contribution in [3.8, 4) is 0 Å². The maximum atomic E-state index is 12.2. The number of carbonyl (C=O) groups is 1. The number of nitrogens with one attached hydrogen (secondary N) is 1. The number of hydrogen-bond donors (Lipinski definition) is 2. The predicted molar refractivity (Wildman–Crippen MR) is 74.5 cm³/mol. The number of nitrogen functional groups attached to an aromatic ring is 1. The lowest BCUT2D eigenvalue weighted by Crippen LogP contribution is -2.51. The highest BCUT2D eigenvalue weighted by Gasteiger charge is 2.41. The number of rotatable bonds is 3. The molecule has 1 aliphatic rings. The monoisotopic (exact) mass is 300 g/mol. The van der Waals surface area contributed by atoms with Gasteiger partial charge in [0.15, 0.2) is 11.4 Å². The van der Waals surface area contributed by atoms with Crippen LogP contribution in [0, 0.1) is 0 Å². The fourth-order valence-electron chi connectivity index (χ4n) is 2.15. The van der Waals surface area contributed by atoms with Gasteiger partial charge in [-0.05, 0) is 30.9 Å². The molecule has 0 aliphatic carbocycles. The summed E-state index contributed by atoms with van der Waals surface area (Å²) in [6, 6.07) is 0. The van der Waals surface area contributed by atoms with Crippen LogP contribution in [0.15, 0.2) is 6.20 Å². The molecule has 1 aromatic heterocycles. The number of anilines is 2. The van der Waals surface area contributed by atoms with Crippen LogP contribution in [0.25, 0.3) is 0 Å². The SMILES string of the molecule is COC(=O)C1(Nc2nc(Cl)ncc2N)CCCCOC1. The van der Waals surface area contributed by atoms with Crippen molar-refractivity contribution in [2.24, 2.45) is 0 Å². The first-order valence-corrected chi connectivity index (χ1v) is 6.67. The van der Waals surface area contributed by atoms with E-state index in [0.29, 0.717) is 24.5 Å². The highest BCUT2D eigenvalue weighted by Crippen LogP contribution is 2.28. The molecule has 1 saturated heterocycles. The molecule has 2 rings (SSSR count). The van der Waals surface area contributed by atoms with Gasteiger partial charge in [-0.1, -0.05) is 0 Å². The van der Waals surface area contributed by atoms with Gasteiger partial charge in [0.1, 0.15) is 0 Å². The largest absolute Gasteiger partial charge is 0.467 e. The quantitative estimate of drug-likeness (QED) is 0.640. The molecule has 0 amide bonds. The standard InChI is InChI=1S/C12H17ClN4O3/c1-19-10(18)12(4-2-3-5-20-7-12)17-9-8(14)6-15-11(13)16-9/h6H,2-5,7,14H2,1H3,(H,15,16,17). The average molecular weight is 301 g/mol. The van der Waals surface area contributed by atoms with Crippen LogP contribution in [0.4, 0.5) is 11.5 Å². The van der Waals surface area contributed by atoms with Crippen LogP contribution in [0.3, 0.4) is 0 Å². The van der Waals surface area contributed by atoms with Gasteiger partial charge in [-0.3, -0.25) is 0 Å². The number of hydrogen-bond acceptors (Lipinski definition) is 7. The first kappa shape index (κ1) is 14.8. The molecule has 3 N–H and O–H groups in total. The van der Waals surface area contributed by atoms with Crippen molar-refractivity contribution in [2.45, 2.75) is 24.8 Å². The molecule has 20 heavy (non-hydrogen) atoms. The van der Waals surface area contributed by atoms with E-state index in [9.17, 15) is 4.79 Å². The van der Waals surface area contributed by atoms with Crippen LogP contribution in [-0.4, -0.2) is 41.8 Å². The minimum atomic E-state index is -1.00. The first-order valence-electron chi connectivity index (χ1n) is 6.30. The summed E-state index contributed by atoms with van der Waals surface area (Å²) in [7, 11) is 1.34. The Morgan fingerprint density at radius 3 is 3.15 bits per heavy atom. The second-order valence-electron chi connectivity index (χ2n) is 4.65. The van der Waals surface area contributed by atoms with Crippen molar-refractivity contribution in [1.82, 2.24) is 9.97 Å². The summed E-state index contributed by atoms with van der Waals surface area (Å²) in [5.74, 6) is -0.102. The minimum Gasteiger partial charge on any atom is -0.467 e. The van der Waals surface area contributed by atoms with Crippen molar-refractivity contribution in [2.75, 3.05) is 31.4 Å². The van der Waals surface area contributed by atoms with Crippen LogP contribution in [0.1, 0.15) is 19.3 Å². The Morgan fingerprint density at radius 2 is 2.40 bits per heavy atom. The number of esters is 1. The number of halogens is 1. The van der Waals surface area contributed by atoms with E-state index >= 15 is 0 Å².